The maximum absolute atomic E-state index is 13.6. The van der Waals surface area contributed by atoms with Crippen molar-refractivity contribution in [1.82, 2.24) is 9.38 Å². The minimum atomic E-state index is -0.221. The van der Waals surface area contributed by atoms with Gasteiger partial charge in [0.2, 0.25) is 0 Å². The number of imidazole rings is 1. The Morgan fingerprint density at radius 1 is 0.800 bits per heavy atom. The highest BCUT2D eigenvalue weighted by Gasteiger charge is 2.19. The fourth-order valence-corrected chi connectivity index (χ4v) is 4.25. The fraction of sp³-hybridized carbons (Fsp3) is 0. The molecule has 5 rings (SSSR count). The van der Waals surface area contributed by atoms with Gasteiger partial charge < -0.3 is 0 Å². The van der Waals surface area contributed by atoms with Crippen molar-refractivity contribution in [2.75, 3.05) is 0 Å². The molecule has 2 heterocycles. The molecule has 0 saturated heterocycles. The van der Waals surface area contributed by atoms with Crippen molar-refractivity contribution in [3.8, 4) is 22.5 Å². The van der Waals surface area contributed by atoms with Gasteiger partial charge in [-0.2, -0.15) is 0 Å². The van der Waals surface area contributed by atoms with E-state index in [-0.39, 0.29) is 5.82 Å². The third-order valence-corrected chi connectivity index (χ3v) is 5.31. The summed E-state index contributed by atoms with van der Waals surface area (Å²) in [5, 5.41) is 0. The van der Waals surface area contributed by atoms with Crippen LogP contribution >= 0.6 is 11.3 Å². The van der Waals surface area contributed by atoms with E-state index < -0.39 is 0 Å². The van der Waals surface area contributed by atoms with Crippen LogP contribution in [0.3, 0.4) is 0 Å². The van der Waals surface area contributed by atoms with Crippen LogP contribution in [-0.2, 0) is 0 Å². The van der Waals surface area contributed by atoms with E-state index >= 15 is 0 Å². The van der Waals surface area contributed by atoms with Gasteiger partial charge in [-0.05, 0) is 18.2 Å². The summed E-state index contributed by atoms with van der Waals surface area (Å²) in [7, 11) is 0. The predicted octanol–water partition coefficient (Wildman–Crippen LogP) is 6.02. The second-order valence-electron chi connectivity index (χ2n) is 5.87. The van der Waals surface area contributed by atoms with Gasteiger partial charge in [0.05, 0.1) is 21.6 Å². The molecule has 2 aromatic heterocycles. The molecule has 0 amide bonds. The van der Waals surface area contributed by atoms with Crippen LogP contribution in [0.5, 0.6) is 0 Å². The lowest BCUT2D eigenvalue weighted by Gasteiger charge is -2.06. The number of fused-ring (bicyclic) bond motifs is 3. The van der Waals surface area contributed by atoms with Crippen LogP contribution in [-0.4, -0.2) is 9.38 Å². The fourth-order valence-electron chi connectivity index (χ4n) is 3.20. The maximum atomic E-state index is 13.6. The van der Waals surface area contributed by atoms with Gasteiger partial charge in [-0.25, -0.2) is 9.37 Å². The predicted molar refractivity (Wildman–Crippen MR) is 101 cm³/mol. The number of rotatable bonds is 2. The SMILES string of the molecule is Fc1ccc2c(c1)sc1nc(-c3ccccc3)c(-c3ccccc3)n12. The van der Waals surface area contributed by atoms with Gasteiger partial charge in [0, 0.05) is 11.1 Å². The normalized spacial score (nSPS) is 11.4. The average Bonchev–Trinajstić information content (AvgIpc) is 3.18. The molecule has 0 fully saturated rings. The smallest absolute Gasteiger partial charge is 0.195 e. The van der Waals surface area contributed by atoms with Gasteiger partial charge in [0.15, 0.2) is 4.96 Å². The Bertz CT molecular complexity index is 1190. The summed E-state index contributed by atoms with van der Waals surface area (Å²) >= 11 is 1.51. The highest BCUT2D eigenvalue weighted by molar-refractivity contribution is 7.23. The average molecular weight is 344 g/mol. The molecule has 4 heteroatoms. The molecule has 5 aromatic rings. The number of halogens is 1. The Labute approximate surface area is 147 Å². The molecule has 2 nitrogen and oxygen atoms in total. The first-order chi connectivity index (χ1) is 12.3. The summed E-state index contributed by atoms with van der Waals surface area (Å²) < 4.78 is 16.7. The number of hydrogen-bond donors (Lipinski definition) is 0. The molecule has 0 saturated carbocycles. The molecule has 0 aliphatic carbocycles. The van der Waals surface area contributed by atoms with Crippen molar-refractivity contribution in [3.05, 3.63) is 84.7 Å². The third-order valence-electron chi connectivity index (χ3n) is 4.31. The zero-order valence-electron chi connectivity index (χ0n) is 13.2. The minimum absolute atomic E-state index is 0.221. The van der Waals surface area contributed by atoms with Crippen LogP contribution in [0.1, 0.15) is 0 Å². The molecule has 0 aliphatic rings. The summed E-state index contributed by atoms with van der Waals surface area (Å²) in [6, 6.07) is 25.3. The van der Waals surface area contributed by atoms with Crippen LogP contribution in [0.15, 0.2) is 78.9 Å². The van der Waals surface area contributed by atoms with Gasteiger partial charge in [-0.15, -0.1) is 0 Å². The van der Waals surface area contributed by atoms with Gasteiger partial charge in [-0.1, -0.05) is 72.0 Å². The molecule has 0 unspecified atom stereocenters. The highest BCUT2D eigenvalue weighted by atomic mass is 32.1. The topological polar surface area (TPSA) is 17.3 Å². The first-order valence-electron chi connectivity index (χ1n) is 8.02. The molecule has 25 heavy (non-hydrogen) atoms. The highest BCUT2D eigenvalue weighted by Crippen LogP contribution is 2.38. The quantitative estimate of drug-likeness (QED) is 0.383. The summed E-state index contributed by atoms with van der Waals surface area (Å²) in [5.41, 5.74) is 5.14. The van der Waals surface area contributed by atoms with E-state index in [2.05, 4.69) is 28.7 Å². The summed E-state index contributed by atoms with van der Waals surface area (Å²) in [5.74, 6) is -0.221. The van der Waals surface area contributed by atoms with Crippen LogP contribution < -0.4 is 0 Å². The standard InChI is InChI=1S/C21H13FN2S/c22-16-11-12-17-18(13-16)25-21-23-19(14-7-3-1-4-8-14)20(24(17)21)15-9-5-2-6-10-15/h1-13H. The van der Waals surface area contributed by atoms with Crippen LogP contribution in [0.25, 0.3) is 37.7 Å². The van der Waals surface area contributed by atoms with Gasteiger partial charge in [-0.3, -0.25) is 4.40 Å². The largest absolute Gasteiger partial charge is 0.282 e. The van der Waals surface area contributed by atoms with Crippen LogP contribution in [0.2, 0.25) is 0 Å². The monoisotopic (exact) mass is 344 g/mol. The van der Waals surface area contributed by atoms with Crippen molar-refractivity contribution < 1.29 is 4.39 Å². The van der Waals surface area contributed by atoms with E-state index in [1.54, 1.807) is 6.07 Å². The summed E-state index contributed by atoms with van der Waals surface area (Å²) in [6.07, 6.45) is 0. The summed E-state index contributed by atoms with van der Waals surface area (Å²) in [4.78, 5) is 5.76. The van der Waals surface area contributed by atoms with E-state index in [1.165, 1.54) is 17.4 Å². The van der Waals surface area contributed by atoms with E-state index in [0.717, 1.165) is 37.7 Å². The molecule has 3 aromatic carbocycles. The van der Waals surface area contributed by atoms with Crippen molar-refractivity contribution in [1.29, 1.82) is 0 Å². The van der Waals surface area contributed by atoms with E-state index in [0.29, 0.717) is 0 Å². The Morgan fingerprint density at radius 2 is 1.48 bits per heavy atom. The molecule has 120 valence electrons. The van der Waals surface area contributed by atoms with Crippen molar-refractivity contribution in [2.24, 2.45) is 0 Å². The number of benzene rings is 3. The summed E-state index contributed by atoms with van der Waals surface area (Å²) in [6.45, 7) is 0. The molecule has 0 aliphatic heterocycles. The van der Waals surface area contributed by atoms with E-state index in [9.17, 15) is 4.39 Å². The molecular weight excluding hydrogens is 331 g/mol. The Hall–Kier alpha value is -2.98. The second kappa shape index (κ2) is 5.53. The Morgan fingerprint density at radius 3 is 2.20 bits per heavy atom. The lowest BCUT2D eigenvalue weighted by atomic mass is 10.0. The van der Waals surface area contributed by atoms with Crippen molar-refractivity contribution in [3.63, 3.8) is 0 Å². The molecule has 0 bridgehead atoms. The molecule has 0 N–H and O–H groups in total. The third kappa shape index (κ3) is 2.26. The first kappa shape index (κ1) is 14.4. The Kier molecular flexibility index (Phi) is 3.18. The minimum Gasteiger partial charge on any atom is -0.282 e. The second-order valence-corrected chi connectivity index (χ2v) is 6.88. The number of hydrogen-bond acceptors (Lipinski definition) is 2. The van der Waals surface area contributed by atoms with Crippen molar-refractivity contribution >= 4 is 26.5 Å². The molecule has 0 spiro atoms. The molecule has 0 atom stereocenters. The zero-order valence-corrected chi connectivity index (χ0v) is 14.0. The lowest BCUT2D eigenvalue weighted by molar-refractivity contribution is 0.630. The van der Waals surface area contributed by atoms with Gasteiger partial charge >= 0.3 is 0 Å². The number of thiazole rings is 1. The van der Waals surface area contributed by atoms with Gasteiger partial charge in [0.25, 0.3) is 0 Å². The maximum Gasteiger partial charge on any atom is 0.195 e. The van der Waals surface area contributed by atoms with E-state index in [1.807, 2.05) is 42.5 Å². The molecule has 0 radical (unpaired) electrons. The van der Waals surface area contributed by atoms with Crippen LogP contribution in [0, 0.1) is 5.82 Å². The zero-order chi connectivity index (χ0) is 16.8. The number of nitrogens with zero attached hydrogens (tertiary/aromatic N) is 2. The lowest BCUT2D eigenvalue weighted by Crippen LogP contribution is -1.89. The number of aromatic nitrogens is 2. The first-order valence-corrected chi connectivity index (χ1v) is 8.84. The molecular formula is C21H13FN2S. The van der Waals surface area contributed by atoms with E-state index in [4.69, 9.17) is 4.98 Å². The van der Waals surface area contributed by atoms with Gasteiger partial charge in [0.1, 0.15) is 5.82 Å². The van der Waals surface area contributed by atoms with Crippen LogP contribution in [0.4, 0.5) is 4.39 Å². The van der Waals surface area contributed by atoms with Crippen molar-refractivity contribution in [2.45, 2.75) is 0 Å². The Balaban J connectivity index is 1.92.